The van der Waals surface area contributed by atoms with Gasteiger partial charge in [0, 0.05) is 18.0 Å². The Morgan fingerprint density at radius 1 is 1.23 bits per heavy atom. The summed E-state index contributed by atoms with van der Waals surface area (Å²) in [6.07, 6.45) is 4.01. The standard InChI is InChI=1S/C20H19ClFNO2S/c1-3-10-25-18-9-6-15(12-19(18)24-2)11-17(22)20(26)23-13-14-4-7-16(21)8-5-14/h1,4-9,12,17H,10-11,13H2,2H3,(H,23,26). The number of hydrogen-bond acceptors (Lipinski definition) is 3. The van der Waals surface area contributed by atoms with E-state index in [0.29, 0.717) is 23.1 Å². The van der Waals surface area contributed by atoms with Gasteiger partial charge >= 0.3 is 0 Å². The first-order valence-corrected chi connectivity index (χ1v) is 8.71. The molecule has 6 heteroatoms. The Hall–Kier alpha value is -2.29. The number of terminal acetylenes is 1. The van der Waals surface area contributed by atoms with E-state index in [0.717, 1.165) is 11.1 Å². The van der Waals surface area contributed by atoms with Crippen molar-refractivity contribution in [2.75, 3.05) is 13.7 Å². The van der Waals surface area contributed by atoms with Gasteiger partial charge in [-0.2, -0.15) is 0 Å². The molecule has 2 rings (SSSR count). The van der Waals surface area contributed by atoms with Crippen LogP contribution in [-0.2, 0) is 13.0 Å². The molecule has 2 aromatic carbocycles. The third kappa shape index (κ3) is 5.91. The normalized spacial score (nSPS) is 11.3. The average molecular weight is 392 g/mol. The zero-order chi connectivity index (χ0) is 18.9. The van der Waals surface area contributed by atoms with Gasteiger partial charge in [0.15, 0.2) is 17.7 Å². The fourth-order valence-corrected chi connectivity index (χ4v) is 2.56. The van der Waals surface area contributed by atoms with Crippen LogP contribution < -0.4 is 14.8 Å². The summed E-state index contributed by atoms with van der Waals surface area (Å²) < 4.78 is 25.1. The minimum absolute atomic E-state index is 0.137. The second kappa shape index (κ2) is 10.0. The predicted octanol–water partition coefficient (Wildman–Crippen LogP) is 4.36. The van der Waals surface area contributed by atoms with Crippen LogP contribution >= 0.6 is 23.8 Å². The monoisotopic (exact) mass is 391 g/mol. The van der Waals surface area contributed by atoms with Crippen LogP contribution in [0.5, 0.6) is 11.5 Å². The maximum Gasteiger partial charge on any atom is 0.162 e. The van der Waals surface area contributed by atoms with Crippen LogP contribution in [0.1, 0.15) is 11.1 Å². The molecule has 0 aliphatic carbocycles. The average Bonchev–Trinajstić information content (AvgIpc) is 2.66. The fraction of sp³-hybridized carbons (Fsp3) is 0.250. The van der Waals surface area contributed by atoms with Gasteiger partial charge in [0.1, 0.15) is 11.6 Å². The third-order valence-electron chi connectivity index (χ3n) is 3.62. The molecule has 0 saturated carbocycles. The van der Waals surface area contributed by atoms with Crippen molar-refractivity contribution in [3.05, 3.63) is 58.6 Å². The number of thiocarbonyl (C=S) groups is 1. The van der Waals surface area contributed by atoms with Crippen molar-refractivity contribution >= 4 is 28.8 Å². The minimum Gasteiger partial charge on any atom is -0.493 e. The van der Waals surface area contributed by atoms with Crippen molar-refractivity contribution in [3.8, 4) is 23.8 Å². The van der Waals surface area contributed by atoms with Crippen LogP contribution in [0.25, 0.3) is 0 Å². The lowest BCUT2D eigenvalue weighted by atomic mass is 10.1. The second-order valence-corrected chi connectivity index (χ2v) is 6.37. The first kappa shape index (κ1) is 20.0. The maximum atomic E-state index is 14.5. The highest BCUT2D eigenvalue weighted by molar-refractivity contribution is 7.80. The molecule has 0 spiro atoms. The van der Waals surface area contributed by atoms with Crippen LogP contribution in [0.15, 0.2) is 42.5 Å². The van der Waals surface area contributed by atoms with E-state index in [4.69, 9.17) is 39.7 Å². The molecule has 0 saturated heterocycles. The molecule has 0 aliphatic heterocycles. The maximum absolute atomic E-state index is 14.5. The van der Waals surface area contributed by atoms with Gasteiger partial charge in [0.2, 0.25) is 0 Å². The number of benzene rings is 2. The molecule has 1 atom stereocenters. The van der Waals surface area contributed by atoms with Crippen LogP contribution in [0.4, 0.5) is 4.39 Å². The Bertz CT molecular complexity index is 789. The molecule has 26 heavy (non-hydrogen) atoms. The largest absolute Gasteiger partial charge is 0.493 e. The summed E-state index contributed by atoms with van der Waals surface area (Å²) in [6, 6.07) is 12.5. The van der Waals surface area contributed by atoms with Gasteiger partial charge in [0.05, 0.1) is 7.11 Å². The summed E-state index contributed by atoms with van der Waals surface area (Å²) in [7, 11) is 1.52. The highest BCUT2D eigenvalue weighted by Crippen LogP contribution is 2.28. The molecule has 0 aromatic heterocycles. The third-order valence-corrected chi connectivity index (χ3v) is 4.27. The van der Waals surface area contributed by atoms with Gasteiger partial charge in [-0.25, -0.2) is 4.39 Å². The Morgan fingerprint density at radius 3 is 2.58 bits per heavy atom. The van der Waals surface area contributed by atoms with Crippen molar-refractivity contribution in [1.29, 1.82) is 0 Å². The Morgan fingerprint density at radius 2 is 1.92 bits per heavy atom. The first-order chi connectivity index (χ1) is 12.5. The van der Waals surface area contributed by atoms with Crippen LogP contribution in [0.3, 0.4) is 0 Å². The summed E-state index contributed by atoms with van der Waals surface area (Å²) >= 11 is 11.0. The highest BCUT2D eigenvalue weighted by Gasteiger charge is 2.15. The Balaban J connectivity index is 1.93. The van der Waals surface area contributed by atoms with Gasteiger partial charge in [-0.05, 0) is 35.4 Å². The lowest BCUT2D eigenvalue weighted by Crippen LogP contribution is -2.31. The number of hydrogen-bond donors (Lipinski definition) is 1. The molecule has 0 fully saturated rings. The van der Waals surface area contributed by atoms with Crippen molar-refractivity contribution in [2.45, 2.75) is 19.1 Å². The van der Waals surface area contributed by atoms with Gasteiger partial charge in [-0.3, -0.25) is 0 Å². The molecule has 1 unspecified atom stereocenters. The van der Waals surface area contributed by atoms with Crippen LogP contribution in [0.2, 0.25) is 5.02 Å². The van der Waals surface area contributed by atoms with E-state index >= 15 is 0 Å². The number of halogens is 2. The summed E-state index contributed by atoms with van der Waals surface area (Å²) in [5.41, 5.74) is 1.72. The molecule has 0 amide bonds. The quantitative estimate of drug-likeness (QED) is 0.535. The lowest BCUT2D eigenvalue weighted by Gasteiger charge is -2.14. The SMILES string of the molecule is C#CCOc1ccc(CC(F)C(=S)NCc2ccc(Cl)cc2)cc1OC. The number of nitrogens with one attached hydrogen (secondary N) is 1. The minimum atomic E-state index is -1.31. The zero-order valence-electron chi connectivity index (χ0n) is 14.3. The van der Waals surface area contributed by atoms with Crippen LogP contribution in [0, 0.1) is 12.3 Å². The van der Waals surface area contributed by atoms with Crippen molar-refractivity contribution in [1.82, 2.24) is 5.32 Å². The van der Waals surface area contributed by atoms with Crippen molar-refractivity contribution < 1.29 is 13.9 Å². The molecule has 0 bridgehead atoms. The number of ether oxygens (including phenoxy) is 2. The molecular formula is C20H19ClFNO2S. The van der Waals surface area contributed by atoms with E-state index < -0.39 is 6.17 Å². The van der Waals surface area contributed by atoms with E-state index in [9.17, 15) is 4.39 Å². The summed E-state index contributed by atoms with van der Waals surface area (Å²) in [5, 5.41) is 3.60. The molecule has 3 nitrogen and oxygen atoms in total. The molecule has 0 heterocycles. The number of alkyl halides is 1. The first-order valence-electron chi connectivity index (χ1n) is 7.93. The topological polar surface area (TPSA) is 30.5 Å². The predicted molar refractivity (Wildman–Crippen MR) is 107 cm³/mol. The van der Waals surface area contributed by atoms with Gasteiger partial charge in [0.25, 0.3) is 0 Å². The van der Waals surface area contributed by atoms with E-state index in [1.807, 2.05) is 12.1 Å². The summed E-state index contributed by atoms with van der Waals surface area (Å²) in [4.78, 5) is 0.159. The molecule has 0 radical (unpaired) electrons. The Kier molecular flexibility index (Phi) is 7.71. The summed E-state index contributed by atoms with van der Waals surface area (Å²) in [6.45, 7) is 0.582. The molecule has 2 aromatic rings. The smallest absolute Gasteiger partial charge is 0.162 e. The molecule has 0 aliphatic rings. The molecule has 1 N–H and O–H groups in total. The van der Waals surface area contributed by atoms with Gasteiger partial charge < -0.3 is 14.8 Å². The van der Waals surface area contributed by atoms with Gasteiger partial charge in [-0.1, -0.05) is 47.9 Å². The van der Waals surface area contributed by atoms with E-state index in [1.54, 1.807) is 30.3 Å². The van der Waals surface area contributed by atoms with E-state index in [-0.39, 0.29) is 18.0 Å². The molecule has 136 valence electrons. The van der Waals surface area contributed by atoms with Gasteiger partial charge in [-0.15, -0.1) is 6.42 Å². The zero-order valence-corrected chi connectivity index (χ0v) is 15.9. The number of methoxy groups -OCH3 is 1. The number of rotatable bonds is 8. The highest BCUT2D eigenvalue weighted by atomic mass is 35.5. The van der Waals surface area contributed by atoms with Crippen molar-refractivity contribution in [3.63, 3.8) is 0 Å². The second-order valence-electron chi connectivity index (χ2n) is 5.49. The van der Waals surface area contributed by atoms with E-state index in [1.165, 1.54) is 7.11 Å². The van der Waals surface area contributed by atoms with Crippen molar-refractivity contribution in [2.24, 2.45) is 0 Å². The lowest BCUT2D eigenvalue weighted by molar-refractivity contribution is 0.330. The Labute approximate surface area is 163 Å². The van der Waals surface area contributed by atoms with Crippen LogP contribution in [-0.4, -0.2) is 24.9 Å². The fourth-order valence-electron chi connectivity index (χ4n) is 2.28. The summed E-state index contributed by atoms with van der Waals surface area (Å²) in [5.74, 6) is 3.42. The molecular weight excluding hydrogens is 373 g/mol. The van der Waals surface area contributed by atoms with E-state index in [2.05, 4.69) is 11.2 Å².